The summed E-state index contributed by atoms with van der Waals surface area (Å²) in [5.74, 6) is 1.47. The van der Waals surface area contributed by atoms with E-state index in [9.17, 15) is 0 Å². The van der Waals surface area contributed by atoms with Gasteiger partial charge in [-0.3, -0.25) is 4.98 Å². The molecule has 1 aromatic carbocycles. The van der Waals surface area contributed by atoms with E-state index in [2.05, 4.69) is 15.2 Å². The zero-order valence-electron chi connectivity index (χ0n) is 14.3. The summed E-state index contributed by atoms with van der Waals surface area (Å²) >= 11 is 7.75. The summed E-state index contributed by atoms with van der Waals surface area (Å²) in [7, 11) is 1.68. The van der Waals surface area contributed by atoms with E-state index >= 15 is 0 Å². The molecule has 6 nitrogen and oxygen atoms in total. The smallest absolute Gasteiger partial charge is 0.191 e. The van der Waals surface area contributed by atoms with E-state index < -0.39 is 0 Å². The van der Waals surface area contributed by atoms with Crippen molar-refractivity contribution in [1.29, 1.82) is 0 Å². The van der Waals surface area contributed by atoms with Gasteiger partial charge in [-0.05, 0) is 24.3 Å². The summed E-state index contributed by atoms with van der Waals surface area (Å²) in [6.45, 7) is 1.78. The SMILES string of the molecule is COCCn1cnnc1SCc1cc(Cl)ccc1OCc1cccnc1. The Morgan fingerprint density at radius 3 is 3.00 bits per heavy atom. The number of hydrogen-bond acceptors (Lipinski definition) is 6. The Kier molecular flexibility index (Phi) is 6.88. The normalized spacial score (nSPS) is 10.8. The molecule has 26 heavy (non-hydrogen) atoms. The number of benzene rings is 1. The minimum Gasteiger partial charge on any atom is -0.489 e. The Balaban J connectivity index is 1.67. The summed E-state index contributed by atoms with van der Waals surface area (Å²) in [6, 6.07) is 9.52. The second kappa shape index (κ2) is 9.56. The molecule has 0 spiro atoms. The molecule has 0 atom stereocenters. The van der Waals surface area contributed by atoms with Crippen molar-refractivity contribution in [2.45, 2.75) is 24.1 Å². The van der Waals surface area contributed by atoms with Gasteiger partial charge in [0, 0.05) is 48.0 Å². The predicted octanol–water partition coefficient (Wildman–Crippen LogP) is 3.84. The van der Waals surface area contributed by atoms with Crippen LogP contribution in [0.5, 0.6) is 5.75 Å². The van der Waals surface area contributed by atoms with Crippen molar-refractivity contribution in [2.24, 2.45) is 0 Å². The first-order valence-electron chi connectivity index (χ1n) is 8.06. The molecule has 0 aliphatic carbocycles. The van der Waals surface area contributed by atoms with Crippen LogP contribution in [0.4, 0.5) is 0 Å². The number of nitrogens with zero attached hydrogens (tertiary/aromatic N) is 4. The van der Waals surface area contributed by atoms with Gasteiger partial charge in [0.25, 0.3) is 0 Å². The molecule has 0 amide bonds. The standard InChI is InChI=1S/C18H19ClN4O2S/c1-24-8-7-23-13-21-22-18(23)26-12-15-9-16(19)4-5-17(15)25-11-14-3-2-6-20-10-14/h2-6,9-10,13H,7-8,11-12H2,1H3. The van der Waals surface area contributed by atoms with Gasteiger partial charge in [-0.25, -0.2) is 0 Å². The zero-order chi connectivity index (χ0) is 18.2. The Morgan fingerprint density at radius 1 is 1.27 bits per heavy atom. The van der Waals surface area contributed by atoms with Gasteiger partial charge in [-0.2, -0.15) is 0 Å². The van der Waals surface area contributed by atoms with Crippen LogP contribution >= 0.6 is 23.4 Å². The number of aromatic nitrogens is 4. The van der Waals surface area contributed by atoms with E-state index in [-0.39, 0.29) is 0 Å². The minimum atomic E-state index is 0.456. The Bertz CT molecular complexity index is 829. The van der Waals surface area contributed by atoms with Crippen molar-refractivity contribution in [1.82, 2.24) is 19.7 Å². The molecule has 0 saturated heterocycles. The number of rotatable bonds is 9. The highest BCUT2D eigenvalue weighted by molar-refractivity contribution is 7.98. The van der Waals surface area contributed by atoms with Crippen LogP contribution in [0.25, 0.3) is 0 Å². The van der Waals surface area contributed by atoms with Crippen LogP contribution in [-0.4, -0.2) is 33.5 Å². The third-order valence-electron chi connectivity index (χ3n) is 3.61. The van der Waals surface area contributed by atoms with Crippen molar-refractivity contribution in [3.63, 3.8) is 0 Å². The van der Waals surface area contributed by atoms with Crippen molar-refractivity contribution < 1.29 is 9.47 Å². The lowest BCUT2D eigenvalue weighted by molar-refractivity contribution is 0.184. The lowest BCUT2D eigenvalue weighted by Gasteiger charge is -2.12. The van der Waals surface area contributed by atoms with E-state index in [4.69, 9.17) is 21.1 Å². The molecular weight excluding hydrogens is 372 g/mol. The van der Waals surface area contributed by atoms with Gasteiger partial charge in [0.15, 0.2) is 5.16 Å². The van der Waals surface area contributed by atoms with Crippen LogP contribution in [0, 0.1) is 0 Å². The number of halogens is 1. The molecule has 0 unspecified atom stereocenters. The van der Waals surface area contributed by atoms with Gasteiger partial charge in [-0.1, -0.05) is 29.4 Å². The first-order chi connectivity index (χ1) is 12.8. The summed E-state index contributed by atoms with van der Waals surface area (Å²) in [5.41, 5.74) is 2.02. The fraction of sp³-hybridized carbons (Fsp3) is 0.278. The van der Waals surface area contributed by atoms with Gasteiger partial charge in [-0.15, -0.1) is 10.2 Å². The molecule has 8 heteroatoms. The Hall–Kier alpha value is -2.09. The lowest BCUT2D eigenvalue weighted by atomic mass is 10.2. The fourth-order valence-electron chi connectivity index (χ4n) is 2.29. The molecule has 3 aromatic rings. The molecule has 0 aliphatic rings. The van der Waals surface area contributed by atoms with E-state index in [0.717, 1.165) is 22.0 Å². The molecule has 0 bridgehead atoms. The number of thioether (sulfide) groups is 1. The van der Waals surface area contributed by atoms with Gasteiger partial charge in [0.2, 0.25) is 0 Å². The maximum atomic E-state index is 6.17. The third kappa shape index (κ3) is 5.20. The average molecular weight is 391 g/mol. The largest absolute Gasteiger partial charge is 0.489 e. The van der Waals surface area contributed by atoms with Crippen LogP contribution in [-0.2, 0) is 23.6 Å². The topological polar surface area (TPSA) is 62.1 Å². The highest BCUT2D eigenvalue weighted by atomic mass is 35.5. The molecule has 2 aromatic heterocycles. The van der Waals surface area contributed by atoms with Crippen LogP contribution in [0.15, 0.2) is 54.2 Å². The van der Waals surface area contributed by atoms with E-state index in [1.807, 2.05) is 34.9 Å². The molecule has 136 valence electrons. The van der Waals surface area contributed by atoms with E-state index in [1.165, 1.54) is 0 Å². The zero-order valence-corrected chi connectivity index (χ0v) is 15.9. The first kappa shape index (κ1) is 18.7. The quantitative estimate of drug-likeness (QED) is 0.517. The molecule has 0 fully saturated rings. The average Bonchev–Trinajstić information content (AvgIpc) is 3.12. The van der Waals surface area contributed by atoms with Gasteiger partial charge < -0.3 is 14.0 Å². The Morgan fingerprint density at radius 2 is 2.19 bits per heavy atom. The van der Waals surface area contributed by atoms with E-state index in [1.54, 1.807) is 37.6 Å². The first-order valence-corrected chi connectivity index (χ1v) is 9.42. The second-order valence-electron chi connectivity index (χ2n) is 5.49. The van der Waals surface area contributed by atoms with Gasteiger partial charge in [0.1, 0.15) is 18.7 Å². The summed E-state index contributed by atoms with van der Waals surface area (Å²) in [6.07, 6.45) is 5.25. The van der Waals surface area contributed by atoms with Crippen molar-refractivity contribution in [3.8, 4) is 5.75 Å². The van der Waals surface area contributed by atoms with Gasteiger partial charge in [0.05, 0.1) is 6.61 Å². The molecular formula is C18H19ClN4O2S. The fourth-order valence-corrected chi connectivity index (χ4v) is 3.40. The number of methoxy groups -OCH3 is 1. The molecule has 0 aliphatic heterocycles. The van der Waals surface area contributed by atoms with E-state index in [0.29, 0.717) is 30.5 Å². The molecule has 0 saturated carbocycles. The Labute approximate surface area is 161 Å². The predicted molar refractivity (Wildman–Crippen MR) is 101 cm³/mol. The summed E-state index contributed by atoms with van der Waals surface area (Å²) in [5, 5.41) is 9.65. The molecule has 3 rings (SSSR count). The molecule has 2 heterocycles. The van der Waals surface area contributed by atoms with Crippen molar-refractivity contribution in [2.75, 3.05) is 13.7 Å². The summed E-state index contributed by atoms with van der Waals surface area (Å²) in [4.78, 5) is 4.10. The highest BCUT2D eigenvalue weighted by Gasteiger charge is 2.10. The lowest BCUT2D eigenvalue weighted by Crippen LogP contribution is -2.04. The van der Waals surface area contributed by atoms with Gasteiger partial charge >= 0.3 is 0 Å². The summed E-state index contributed by atoms with van der Waals surface area (Å²) < 4.78 is 13.0. The number of hydrogen-bond donors (Lipinski definition) is 0. The third-order valence-corrected chi connectivity index (χ3v) is 4.88. The highest BCUT2D eigenvalue weighted by Crippen LogP contribution is 2.30. The molecule has 0 radical (unpaired) electrons. The van der Waals surface area contributed by atoms with Crippen LogP contribution in [0.3, 0.4) is 0 Å². The maximum absolute atomic E-state index is 6.17. The maximum Gasteiger partial charge on any atom is 0.191 e. The van der Waals surface area contributed by atoms with Crippen molar-refractivity contribution in [3.05, 3.63) is 65.2 Å². The molecule has 0 N–H and O–H groups in total. The van der Waals surface area contributed by atoms with Crippen LogP contribution in [0.2, 0.25) is 5.02 Å². The van der Waals surface area contributed by atoms with Crippen molar-refractivity contribution >= 4 is 23.4 Å². The van der Waals surface area contributed by atoms with Crippen LogP contribution in [0.1, 0.15) is 11.1 Å². The number of ether oxygens (including phenoxy) is 2. The number of pyridine rings is 1. The second-order valence-corrected chi connectivity index (χ2v) is 6.87. The minimum absolute atomic E-state index is 0.456. The monoisotopic (exact) mass is 390 g/mol. The van der Waals surface area contributed by atoms with Crippen LogP contribution < -0.4 is 4.74 Å².